The molecule has 0 bridgehead atoms. The van der Waals surface area contributed by atoms with Gasteiger partial charge < -0.3 is 19.1 Å². The van der Waals surface area contributed by atoms with Crippen molar-refractivity contribution < 1.29 is 23.1 Å². The summed E-state index contributed by atoms with van der Waals surface area (Å²) >= 11 is 0. The van der Waals surface area contributed by atoms with Crippen LogP contribution in [0.5, 0.6) is 5.75 Å². The number of rotatable bonds is 6. The summed E-state index contributed by atoms with van der Waals surface area (Å²) in [6.45, 7) is 5.49. The highest BCUT2D eigenvalue weighted by atomic mass is 19.2. The van der Waals surface area contributed by atoms with Gasteiger partial charge in [-0.25, -0.2) is 13.8 Å². The van der Waals surface area contributed by atoms with Crippen LogP contribution in [-0.4, -0.2) is 64.5 Å². The quantitative estimate of drug-likeness (QED) is 0.554. The lowest BCUT2D eigenvalue weighted by atomic mass is 10.0. The molecule has 2 aromatic carbocycles. The smallest absolute Gasteiger partial charge is 0.246 e. The second kappa shape index (κ2) is 9.79. The molecule has 180 valence electrons. The predicted molar refractivity (Wildman–Crippen MR) is 123 cm³/mol. The van der Waals surface area contributed by atoms with Gasteiger partial charge in [-0.05, 0) is 23.6 Å². The number of ether oxygens (including phenoxy) is 1. The van der Waals surface area contributed by atoms with E-state index in [1.54, 1.807) is 21.5 Å². The van der Waals surface area contributed by atoms with E-state index < -0.39 is 17.7 Å². The summed E-state index contributed by atoms with van der Waals surface area (Å²) in [6, 6.07) is 8.91. The van der Waals surface area contributed by atoms with Crippen molar-refractivity contribution in [1.82, 2.24) is 19.4 Å². The van der Waals surface area contributed by atoms with Crippen LogP contribution in [0.25, 0.3) is 11.0 Å². The molecule has 4 rings (SSSR count). The molecule has 0 radical (unpaired) electrons. The van der Waals surface area contributed by atoms with Crippen molar-refractivity contribution in [3.05, 3.63) is 59.9 Å². The monoisotopic (exact) mass is 470 g/mol. The van der Waals surface area contributed by atoms with E-state index in [1.165, 1.54) is 6.33 Å². The molecule has 1 fully saturated rings. The fraction of sp³-hybridized carbons (Fsp3) is 0.400. The Balaban J connectivity index is 1.44. The van der Waals surface area contributed by atoms with Crippen LogP contribution >= 0.6 is 0 Å². The normalized spacial score (nSPS) is 15.1. The Labute approximate surface area is 196 Å². The SMILES string of the molecule is COc1cccc(CC(=O)N2CCN(C(=O)C(C(C)C)n3cnc4cc(F)c(F)cc43)CC2)c1. The maximum atomic E-state index is 13.9. The van der Waals surface area contributed by atoms with Gasteiger partial charge in [0, 0.05) is 38.3 Å². The van der Waals surface area contributed by atoms with Crippen LogP contribution in [0.3, 0.4) is 0 Å². The van der Waals surface area contributed by atoms with E-state index in [2.05, 4.69) is 4.98 Å². The molecule has 1 aliphatic rings. The molecule has 2 heterocycles. The third-order valence-corrected chi connectivity index (χ3v) is 6.23. The van der Waals surface area contributed by atoms with Crippen LogP contribution in [0.4, 0.5) is 8.78 Å². The number of methoxy groups -OCH3 is 1. The van der Waals surface area contributed by atoms with Crippen LogP contribution < -0.4 is 4.74 Å². The Hall–Kier alpha value is -3.49. The summed E-state index contributed by atoms with van der Waals surface area (Å²) in [7, 11) is 1.59. The lowest BCUT2D eigenvalue weighted by molar-refractivity contribution is -0.142. The van der Waals surface area contributed by atoms with Gasteiger partial charge in [-0.1, -0.05) is 26.0 Å². The number of halogens is 2. The first-order chi connectivity index (χ1) is 16.3. The second-order valence-electron chi connectivity index (χ2n) is 8.83. The zero-order chi connectivity index (χ0) is 24.4. The first-order valence-electron chi connectivity index (χ1n) is 11.3. The molecule has 9 heteroatoms. The van der Waals surface area contributed by atoms with Crippen molar-refractivity contribution in [3.8, 4) is 5.75 Å². The number of hydrogen-bond donors (Lipinski definition) is 0. The summed E-state index contributed by atoms with van der Waals surface area (Å²) < 4.78 is 34.3. The molecule has 34 heavy (non-hydrogen) atoms. The number of carbonyl (C=O) groups excluding carboxylic acids is 2. The minimum Gasteiger partial charge on any atom is -0.497 e. The van der Waals surface area contributed by atoms with Gasteiger partial charge >= 0.3 is 0 Å². The lowest BCUT2D eigenvalue weighted by Gasteiger charge is -2.37. The highest BCUT2D eigenvalue weighted by Gasteiger charge is 2.32. The van der Waals surface area contributed by atoms with Crippen LogP contribution in [0.2, 0.25) is 0 Å². The Morgan fingerprint density at radius 3 is 2.38 bits per heavy atom. The Kier molecular flexibility index (Phi) is 6.81. The standard InChI is InChI=1S/C25H28F2N4O3/c1-16(2)24(31-15-28-21-13-19(26)20(27)14-22(21)31)25(33)30-9-7-29(8-10-30)23(32)12-17-5-4-6-18(11-17)34-3/h4-6,11,13-16,24H,7-10,12H2,1-3H3. The van der Waals surface area contributed by atoms with Gasteiger partial charge in [0.25, 0.3) is 0 Å². The maximum Gasteiger partial charge on any atom is 0.246 e. The first kappa shape index (κ1) is 23.7. The molecule has 0 N–H and O–H groups in total. The topological polar surface area (TPSA) is 67.7 Å². The van der Waals surface area contributed by atoms with Gasteiger partial charge in [-0.15, -0.1) is 0 Å². The fourth-order valence-electron chi connectivity index (χ4n) is 4.40. The van der Waals surface area contributed by atoms with Crippen molar-refractivity contribution in [3.63, 3.8) is 0 Å². The summed E-state index contributed by atoms with van der Waals surface area (Å²) in [6.07, 6.45) is 1.73. The third kappa shape index (κ3) is 4.73. The van der Waals surface area contributed by atoms with Gasteiger partial charge in [0.05, 0.1) is 30.9 Å². The van der Waals surface area contributed by atoms with Gasteiger partial charge in [0.2, 0.25) is 11.8 Å². The highest BCUT2D eigenvalue weighted by molar-refractivity contribution is 5.85. The predicted octanol–water partition coefficient (Wildman–Crippen LogP) is 3.43. The maximum absolute atomic E-state index is 13.9. The van der Waals surface area contributed by atoms with Crippen LogP contribution in [0.15, 0.2) is 42.7 Å². The molecule has 1 unspecified atom stereocenters. The molecule has 7 nitrogen and oxygen atoms in total. The fourth-order valence-corrected chi connectivity index (χ4v) is 4.40. The number of aromatic nitrogens is 2. The highest BCUT2D eigenvalue weighted by Crippen LogP contribution is 2.27. The molecule has 3 aromatic rings. The third-order valence-electron chi connectivity index (χ3n) is 6.23. The number of benzene rings is 2. The van der Waals surface area contributed by atoms with Gasteiger partial charge in [-0.2, -0.15) is 0 Å². The first-order valence-corrected chi connectivity index (χ1v) is 11.3. The molecule has 0 saturated carbocycles. The van der Waals surface area contributed by atoms with Crippen molar-refractivity contribution in [2.75, 3.05) is 33.3 Å². The largest absolute Gasteiger partial charge is 0.497 e. The Bertz CT molecular complexity index is 1200. The number of nitrogens with zero attached hydrogens (tertiary/aromatic N) is 4. The van der Waals surface area contributed by atoms with E-state index in [0.717, 1.165) is 17.7 Å². The van der Waals surface area contributed by atoms with E-state index in [-0.39, 0.29) is 24.2 Å². The molecule has 0 aliphatic carbocycles. The van der Waals surface area contributed by atoms with E-state index in [0.29, 0.717) is 43.0 Å². The molecular weight excluding hydrogens is 442 g/mol. The minimum atomic E-state index is -0.979. The minimum absolute atomic E-state index is 0.00105. The van der Waals surface area contributed by atoms with Crippen LogP contribution in [0.1, 0.15) is 25.5 Å². The number of imidazole rings is 1. The van der Waals surface area contributed by atoms with Gasteiger partial charge in [-0.3, -0.25) is 9.59 Å². The number of amides is 2. The number of piperazine rings is 1. The summed E-state index contributed by atoms with van der Waals surface area (Å²) in [4.78, 5) is 33.9. The molecule has 1 atom stereocenters. The van der Waals surface area contributed by atoms with E-state index >= 15 is 0 Å². The Morgan fingerprint density at radius 2 is 1.71 bits per heavy atom. The molecule has 1 saturated heterocycles. The molecule has 2 amide bonds. The zero-order valence-corrected chi connectivity index (χ0v) is 19.5. The average molecular weight is 471 g/mol. The summed E-state index contributed by atoms with van der Waals surface area (Å²) in [5, 5.41) is 0. The summed E-state index contributed by atoms with van der Waals surface area (Å²) in [5.74, 6) is -1.48. The number of hydrogen-bond acceptors (Lipinski definition) is 4. The van der Waals surface area contributed by atoms with Crippen molar-refractivity contribution in [2.24, 2.45) is 5.92 Å². The van der Waals surface area contributed by atoms with Crippen molar-refractivity contribution >= 4 is 22.8 Å². The van der Waals surface area contributed by atoms with Crippen molar-refractivity contribution in [1.29, 1.82) is 0 Å². The van der Waals surface area contributed by atoms with Crippen molar-refractivity contribution in [2.45, 2.75) is 26.3 Å². The molecule has 0 spiro atoms. The molecular formula is C25H28F2N4O3. The second-order valence-corrected chi connectivity index (χ2v) is 8.83. The zero-order valence-electron chi connectivity index (χ0n) is 19.5. The number of fused-ring (bicyclic) bond motifs is 1. The molecule has 1 aliphatic heterocycles. The van der Waals surface area contributed by atoms with E-state index in [9.17, 15) is 18.4 Å². The van der Waals surface area contributed by atoms with Crippen LogP contribution in [-0.2, 0) is 16.0 Å². The van der Waals surface area contributed by atoms with E-state index in [1.807, 2.05) is 38.1 Å². The number of carbonyl (C=O) groups is 2. The average Bonchev–Trinajstić information content (AvgIpc) is 3.21. The summed E-state index contributed by atoms with van der Waals surface area (Å²) in [5.41, 5.74) is 1.54. The van der Waals surface area contributed by atoms with E-state index in [4.69, 9.17) is 4.74 Å². The molecule has 1 aromatic heterocycles. The van der Waals surface area contributed by atoms with Gasteiger partial charge in [0.1, 0.15) is 11.8 Å². The Morgan fingerprint density at radius 1 is 1.03 bits per heavy atom. The van der Waals surface area contributed by atoms with Gasteiger partial charge in [0.15, 0.2) is 11.6 Å². The van der Waals surface area contributed by atoms with Crippen LogP contribution in [0, 0.1) is 17.6 Å². The lowest BCUT2D eigenvalue weighted by Crippen LogP contribution is -2.52.